The summed E-state index contributed by atoms with van der Waals surface area (Å²) in [7, 11) is 0. The highest BCUT2D eigenvalue weighted by Crippen LogP contribution is 2.28. The lowest BCUT2D eigenvalue weighted by atomic mass is 10.1. The summed E-state index contributed by atoms with van der Waals surface area (Å²) in [5.41, 5.74) is -0.369. The van der Waals surface area contributed by atoms with Crippen LogP contribution in [-0.2, 0) is 0 Å². The molecule has 0 atom stereocenters. The van der Waals surface area contributed by atoms with Gasteiger partial charge in [0.2, 0.25) is 0 Å². The van der Waals surface area contributed by atoms with Gasteiger partial charge in [-0.15, -0.1) is 0 Å². The number of ketones is 1. The Morgan fingerprint density at radius 3 is 2.39 bits per heavy atom. The molecule has 0 saturated heterocycles. The van der Waals surface area contributed by atoms with Gasteiger partial charge in [0.15, 0.2) is 0 Å². The number of nitrogens with zero attached hydrogens (tertiary/aromatic N) is 2. The maximum absolute atomic E-state index is 12.3. The number of carbonyl (C=O) groups excluding carboxylic acids is 1. The third-order valence-electron chi connectivity index (χ3n) is 3.32. The molecule has 3 nitrogen and oxygen atoms in total. The average molecular weight is 260 g/mol. The smallest absolute Gasteiger partial charge is 0.284 e. The number of carbonyl (C=O) groups is 1. The van der Waals surface area contributed by atoms with Gasteiger partial charge in [0, 0.05) is 6.20 Å². The molecule has 1 aliphatic rings. The third-order valence-corrected chi connectivity index (χ3v) is 3.32. The second kappa shape index (κ2) is 5.12. The quantitative estimate of drug-likeness (QED) is 0.602. The summed E-state index contributed by atoms with van der Waals surface area (Å²) >= 11 is 0. The first-order valence-corrected chi connectivity index (χ1v) is 6.14. The number of alkyl halides is 3. The molecule has 18 heavy (non-hydrogen) atoms. The summed E-state index contributed by atoms with van der Waals surface area (Å²) in [5, 5.41) is 3.91. The molecule has 0 N–H and O–H groups in total. The summed E-state index contributed by atoms with van der Waals surface area (Å²) in [6, 6.07) is 0.127. The minimum absolute atomic E-state index is 0.127. The maximum Gasteiger partial charge on any atom is 0.454 e. The number of hydrogen-bond acceptors (Lipinski definition) is 2. The van der Waals surface area contributed by atoms with E-state index in [1.807, 2.05) is 0 Å². The number of rotatable bonds is 2. The zero-order valence-corrected chi connectivity index (χ0v) is 9.91. The molecule has 1 heterocycles. The second-order valence-electron chi connectivity index (χ2n) is 4.68. The van der Waals surface area contributed by atoms with Gasteiger partial charge in [0.25, 0.3) is 5.78 Å². The molecule has 1 aliphatic carbocycles. The first kappa shape index (κ1) is 13.1. The predicted molar refractivity (Wildman–Crippen MR) is 59.4 cm³/mol. The van der Waals surface area contributed by atoms with Crippen molar-refractivity contribution in [1.29, 1.82) is 0 Å². The van der Waals surface area contributed by atoms with E-state index in [1.165, 1.54) is 10.9 Å². The second-order valence-corrected chi connectivity index (χ2v) is 4.68. The van der Waals surface area contributed by atoms with Crippen LogP contribution in [0.5, 0.6) is 0 Å². The molecule has 0 spiro atoms. The van der Waals surface area contributed by atoms with E-state index in [-0.39, 0.29) is 11.6 Å². The Morgan fingerprint density at radius 2 is 1.83 bits per heavy atom. The van der Waals surface area contributed by atoms with Gasteiger partial charge < -0.3 is 0 Å². The van der Waals surface area contributed by atoms with Crippen LogP contribution >= 0.6 is 0 Å². The van der Waals surface area contributed by atoms with Crippen LogP contribution in [0.1, 0.15) is 54.9 Å². The highest BCUT2D eigenvalue weighted by molar-refractivity contribution is 5.99. The molecule has 1 fully saturated rings. The molecule has 6 heteroatoms. The Labute approximate surface area is 103 Å². The van der Waals surface area contributed by atoms with E-state index in [2.05, 4.69) is 5.10 Å². The fourth-order valence-corrected chi connectivity index (χ4v) is 2.34. The van der Waals surface area contributed by atoms with Gasteiger partial charge in [-0.3, -0.25) is 9.48 Å². The topological polar surface area (TPSA) is 34.9 Å². The molecular weight excluding hydrogens is 245 g/mol. The molecule has 100 valence electrons. The molecule has 0 unspecified atom stereocenters. The zero-order chi connectivity index (χ0) is 13.2. The van der Waals surface area contributed by atoms with Gasteiger partial charge in [-0.05, 0) is 12.8 Å². The maximum atomic E-state index is 12.3. The van der Waals surface area contributed by atoms with E-state index in [0.29, 0.717) is 0 Å². The molecule has 0 bridgehead atoms. The molecule has 0 aromatic carbocycles. The molecule has 0 amide bonds. The van der Waals surface area contributed by atoms with Crippen LogP contribution in [0.2, 0.25) is 0 Å². The van der Waals surface area contributed by atoms with Crippen LogP contribution in [0.3, 0.4) is 0 Å². The van der Waals surface area contributed by atoms with Crippen LogP contribution in [0, 0.1) is 0 Å². The van der Waals surface area contributed by atoms with Gasteiger partial charge in [-0.2, -0.15) is 18.3 Å². The summed E-state index contributed by atoms with van der Waals surface area (Å²) in [6.45, 7) is 0. The van der Waals surface area contributed by atoms with Crippen LogP contribution in [-0.4, -0.2) is 21.7 Å². The molecule has 2 rings (SSSR count). The van der Waals surface area contributed by atoms with Crippen molar-refractivity contribution < 1.29 is 18.0 Å². The van der Waals surface area contributed by atoms with Gasteiger partial charge in [-0.25, -0.2) is 0 Å². The summed E-state index contributed by atoms with van der Waals surface area (Å²) < 4.78 is 38.3. The average Bonchev–Trinajstić information content (AvgIpc) is 2.62. The lowest BCUT2D eigenvalue weighted by Gasteiger charge is -2.14. The number of halogens is 3. The molecule has 1 saturated carbocycles. The van der Waals surface area contributed by atoms with E-state index < -0.39 is 12.0 Å². The van der Waals surface area contributed by atoms with Crippen LogP contribution in [0.15, 0.2) is 12.4 Å². The van der Waals surface area contributed by atoms with Crippen molar-refractivity contribution in [2.24, 2.45) is 0 Å². The molecule has 1 aromatic rings. The molecule has 1 aromatic heterocycles. The summed E-state index contributed by atoms with van der Waals surface area (Å²) in [5.74, 6) is -1.82. The van der Waals surface area contributed by atoms with Crippen molar-refractivity contribution in [3.8, 4) is 0 Å². The molecule has 0 aliphatic heterocycles. The lowest BCUT2D eigenvalue weighted by Crippen LogP contribution is -2.22. The van der Waals surface area contributed by atoms with Gasteiger partial charge in [-0.1, -0.05) is 25.7 Å². The Balaban J connectivity index is 2.12. The minimum Gasteiger partial charge on any atom is -0.284 e. The first-order valence-electron chi connectivity index (χ1n) is 6.14. The van der Waals surface area contributed by atoms with Gasteiger partial charge >= 0.3 is 6.18 Å². The first-order chi connectivity index (χ1) is 8.48. The largest absolute Gasteiger partial charge is 0.454 e. The minimum atomic E-state index is -4.82. The van der Waals surface area contributed by atoms with E-state index in [1.54, 1.807) is 0 Å². The van der Waals surface area contributed by atoms with Crippen molar-refractivity contribution in [3.05, 3.63) is 18.0 Å². The van der Waals surface area contributed by atoms with Crippen molar-refractivity contribution in [1.82, 2.24) is 9.78 Å². The van der Waals surface area contributed by atoms with Crippen molar-refractivity contribution >= 4 is 5.78 Å². The monoisotopic (exact) mass is 260 g/mol. The van der Waals surface area contributed by atoms with E-state index in [0.717, 1.165) is 44.7 Å². The fraction of sp³-hybridized carbons (Fsp3) is 0.667. The standard InChI is InChI=1S/C12H15F3N2O/c13-12(14,15)11(18)9-7-16-17(8-9)10-5-3-1-2-4-6-10/h7-8,10H,1-6H2. The summed E-state index contributed by atoms with van der Waals surface area (Å²) in [4.78, 5) is 11.1. The lowest BCUT2D eigenvalue weighted by molar-refractivity contribution is -0.0885. The normalized spacial score (nSPS) is 18.6. The van der Waals surface area contributed by atoms with Gasteiger partial charge in [0.1, 0.15) is 0 Å². The SMILES string of the molecule is O=C(c1cnn(C2CCCCCC2)c1)C(F)(F)F. The van der Waals surface area contributed by atoms with Crippen molar-refractivity contribution in [2.45, 2.75) is 50.7 Å². The Kier molecular flexibility index (Phi) is 3.73. The Hall–Kier alpha value is -1.33. The van der Waals surface area contributed by atoms with Crippen LogP contribution < -0.4 is 0 Å². The number of hydrogen-bond donors (Lipinski definition) is 0. The van der Waals surface area contributed by atoms with Crippen LogP contribution in [0.25, 0.3) is 0 Å². The summed E-state index contributed by atoms with van der Waals surface area (Å²) in [6.07, 6.45) is 3.70. The number of aromatic nitrogens is 2. The zero-order valence-electron chi connectivity index (χ0n) is 9.91. The Bertz CT molecular complexity index is 417. The predicted octanol–water partition coefficient (Wildman–Crippen LogP) is 3.52. The fourth-order valence-electron chi connectivity index (χ4n) is 2.34. The highest BCUT2D eigenvalue weighted by atomic mass is 19.4. The van der Waals surface area contributed by atoms with Crippen molar-refractivity contribution in [2.75, 3.05) is 0 Å². The molecular formula is C12H15F3N2O. The van der Waals surface area contributed by atoms with E-state index >= 15 is 0 Å². The molecule has 0 radical (unpaired) electrons. The van der Waals surface area contributed by atoms with Crippen molar-refractivity contribution in [3.63, 3.8) is 0 Å². The van der Waals surface area contributed by atoms with E-state index in [4.69, 9.17) is 0 Å². The number of Topliss-reactive ketones (excluding diaryl/α,β-unsaturated/α-hetero) is 1. The van der Waals surface area contributed by atoms with E-state index in [9.17, 15) is 18.0 Å². The third kappa shape index (κ3) is 2.91. The van der Waals surface area contributed by atoms with Gasteiger partial charge in [0.05, 0.1) is 17.8 Å². The highest BCUT2D eigenvalue weighted by Gasteiger charge is 2.40. The Morgan fingerprint density at radius 1 is 1.22 bits per heavy atom. The van der Waals surface area contributed by atoms with Crippen LogP contribution in [0.4, 0.5) is 13.2 Å².